The SMILES string of the molecule is COc1ccc(NCC2CCN(C)CC2)c(OC)c1. The summed E-state index contributed by atoms with van der Waals surface area (Å²) >= 11 is 0. The molecule has 0 aromatic heterocycles. The Morgan fingerprint density at radius 2 is 1.95 bits per heavy atom. The third kappa shape index (κ3) is 3.77. The molecule has 0 amide bonds. The number of ether oxygens (including phenoxy) is 2. The fourth-order valence-electron chi connectivity index (χ4n) is 2.47. The van der Waals surface area contributed by atoms with Crippen LogP contribution in [-0.2, 0) is 0 Å². The minimum atomic E-state index is 0.753. The van der Waals surface area contributed by atoms with Crippen molar-refractivity contribution in [2.24, 2.45) is 5.92 Å². The summed E-state index contributed by atoms with van der Waals surface area (Å²) in [6.45, 7) is 3.41. The van der Waals surface area contributed by atoms with Gasteiger partial charge in [0.2, 0.25) is 0 Å². The normalized spacial score (nSPS) is 17.2. The fraction of sp³-hybridized carbons (Fsp3) is 0.600. The highest BCUT2D eigenvalue weighted by molar-refractivity contribution is 5.59. The minimum Gasteiger partial charge on any atom is -0.497 e. The van der Waals surface area contributed by atoms with Gasteiger partial charge < -0.3 is 19.7 Å². The Morgan fingerprint density at radius 1 is 1.21 bits per heavy atom. The van der Waals surface area contributed by atoms with Crippen molar-refractivity contribution < 1.29 is 9.47 Å². The van der Waals surface area contributed by atoms with Gasteiger partial charge in [0, 0.05) is 12.6 Å². The zero-order chi connectivity index (χ0) is 13.7. The van der Waals surface area contributed by atoms with E-state index in [2.05, 4.69) is 17.3 Å². The number of nitrogens with zero attached hydrogens (tertiary/aromatic N) is 1. The van der Waals surface area contributed by atoms with Crippen LogP contribution in [0.25, 0.3) is 0 Å². The second-order valence-electron chi connectivity index (χ2n) is 5.19. The number of nitrogens with one attached hydrogen (secondary N) is 1. The van der Waals surface area contributed by atoms with Crippen LogP contribution >= 0.6 is 0 Å². The van der Waals surface area contributed by atoms with E-state index in [0.29, 0.717) is 0 Å². The molecule has 19 heavy (non-hydrogen) atoms. The van der Waals surface area contributed by atoms with Crippen molar-refractivity contribution in [1.29, 1.82) is 0 Å². The first-order chi connectivity index (χ1) is 9.22. The van der Waals surface area contributed by atoms with Crippen LogP contribution in [0.5, 0.6) is 11.5 Å². The van der Waals surface area contributed by atoms with E-state index in [1.54, 1.807) is 14.2 Å². The lowest BCUT2D eigenvalue weighted by molar-refractivity contribution is 0.226. The van der Waals surface area contributed by atoms with Gasteiger partial charge in [0.05, 0.1) is 19.9 Å². The number of likely N-dealkylation sites (tertiary alicyclic amines) is 1. The van der Waals surface area contributed by atoms with Crippen LogP contribution in [0.1, 0.15) is 12.8 Å². The summed E-state index contributed by atoms with van der Waals surface area (Å²) < 4.78 is 10.6. The topological polar surface area (TPSA) is 33.7 Å². The molecular weight excluding hydrogens is 240 g/mol. The van der Waals surface area contributed by atoms with Crippen LogP contribution in [0.2, 0.25) is 0 Å². The second kappa shape index (κ2) is 6.66. The van der Waals surface area contributed by atoms with Gasteiger partial charge in [-0.3, -0.25) is 0 Å². The van der Waals surface area contributed by atoms with Crippen LogP contribution in [0.3, 0.4) is 0 Å². The van der Waals surface area contributed by atoms with Crippen molar-refractivity contribution in [3.05, 3.63) is 18.2 Å². The molecule has 0 saturated carbocycles. The number of benzene rings is 1. The van der Waals surface area contributed by atoms with Gasteiger partial charge in [-0.15, -0.1) is 0 Å². The summed E-state index contributed by atoms with van der Waals surface area (Å²) in [6, 6.07) is 5.89. The zero-order valence-corrected chi connectivity index (χ0v) is 12.1. The second-order valence-corrected chi connectivity index (χ2v) is 5.19. The summed E-state index contributed by atoms with van der Waals surface area (Å²) in [4.78, 5) is 2.39. The quantitative estimate of drug-likeness (QED) is 0.886. The average Bonchev–Trinajstić information content (AvgIpc) is 2.46. The van der Waals surface area contributed by atoms with Gasteiger partial charge in [0.15, 0.2) is 0 Å². The lowest BCUT2D eigenvalue weighted by Crippen LogP contribution is -2.32. The number of hydrogen-bond donors (Lipinski definition) is 1. The van der Waals surface area contributed by atoms with E-state index >= 15 is 0 Å². The number of anilines is 1. The average molecular weight is 264 g/mol. The first kappa shape index (κ1) is 14.0. The van der Waals surface area contributed by atoms with E-state index in [1.165, 1.54) is 25.9 Å². The van der Waals surface area contributed by atoms with Gasteiger partial charge in [0.25, 0.3) is 0 Å². The molecule has 1 N–H and O–H groups in total. The Labute approximate surface area is 115 Å². The number of piperidine rings is 1. The minimum absolute atomic E-state index is 0.753. The van der Waals surface area contributed by atoms with E-state index in [4.69, 9.17) is 9.47 Å². The van der Waals surface area contributed by atoms with Crippen molar-refractivity contribution >= 4 is 5.69 Å². The Kier molecular flexibility index (Phi) is 4.91. The Balaban J connectivity index is 1.91. The summed E-state index contributed by atoms with van der Waals surface area (Å²) in [6.07, 6.45) is 2.53. The number of rotatable bonds is 5. The van der Waals surface area contributed by atoms with Crippen LogP contribution < -0.4 is 14.8 Å². The zero-order valence-electron chi connectivity index (χ0n) is 12.1. The molecule has 0 unspecified atom stereocenters. The smallest absolute Gasteiger partial charge is 0.145 e. The highest BCUT2D eigenvalue weighted by atomic mass is 16.5. The number of methoxy groups -OCH3 is 2. The van der Waals surface area contributed by atoms with E-state index in [0.717, 1.165) is 29.6 Å². The fourth-order valence-corrected chi connectivity index (χ4v) is 2.47. The first-order valence-electron chi connectivity index (χ1n) is 6.87. The van der Waals surface area contributed by atoms with Crippen LogP contribution in [0.15, 0.2) is 18.2 Å². The summed E-state index contributed by atoms with van der Waals surface area (Å²) in [7, 11) is 5.55. The molecule has 1 aliphatic heterocycles. The maximum atomic E-state index is 5.39. The molecule has 1 saturated heterocycles. The molecular formula is C15H24N2O2. The highest BCUT2D eigenvalue weighted by Crippen LogP contribution is 2.29. The van der Waals surface area contributed by atoms with Gasteiger partial charge in [0.1, 0.15) is 11.5 Å². The van der Waals surface area contributed by atoms with Crippen molar-refractivity contribution in [2.75, 3.05) is 46.2 Å². The third-order valence-electron chi connectivity index (χ3n) is 3.83. The van der Waals surface area contributed by atoms with Crippen LogP contribution in [-0.4, -0.2) is 45.8 Å². The lowest BCUT2D eigenvalue weighted by Gasteiger charge is -2.29. The molecule has 1 aromatic carbocycles. The Hall–Kier alpha value is -1.42. The molecule has 1 aromatic rings. The molecule has 106 valence electrons. The maximum absolute atomic E-state index is 5.39. The van der Waals surface area contributed by atoms with Crippen molar-refractivity contribution in [1.82, 2.24) is 4.90 Å². The molecule has 0 spiro atoms. The Bertz CT molecular complexity index is 401. The largest absolute Gasteiger partial charge is 0.497 e. The van der Waals surface area contributed by atoms with Crippen molar-refractivity contribution in [3.63, 3.8) is 0 Å². The van der Waals surface area contributed by atoms with Gasteiger partial charge >= 0.3 is 0 Å². The standard InChI is InChI=1S/C15H24N2O2/c1-17-8-6-12(7-9-17)11-16-14-5-4-13(18-2)10-15(14)19-3/h4-5,10,12,16H,6-9,11H2,1-3H3. The van der Waals surface area contributed by atoms with E-state index < -0.39 is 0 Å². The predicted octanol–water partition coefficient (Wildman–Crippen LogP) is 2.46. The Morgan fingerprint density at radius 3 is 2.58 bits per heavy atom. The monoisotopic (exact) mass is 264 g/mol. The molecule has 2 rings (SSSR count). The van der Waals surface area contributed by atoms with Crippen molar-refractivity contribution in [2.45, 2.75) is 12.8 Å². The maximum Gasteiger partial charge on any atom is 0.145 e. The van der Waals surface area contributed by atoms with E-state index in [1.807, 2.05) is 18.2 Å². The van der Waals surface area contributed by atoms with Gasteiger partial charge in [-0.05, 0) is 51.0 Å². The molecule has 0 atom stereocenters. The molecule has 4 nitrogen and oxygen atoms in total. The van der Waals surface area contributed by atoms with Gasteiger partial charge in [-0.1, -0.05) is 0 Å². The molecule has 1 fully saturated rings. The van der Waals surface area contributed by atoms with Crippen molar-refractivity contribution in [3.8, 4) is 11.5 Å². The molecule has 0 aliphatic carbocycles. The summed E-state index contributed by atoms with van der Waals surface area (Å²) in [5, 5.41) is 3.50. The molecule has 4 heteroatoms. The third-order valence-corrected chi connectivity index (χ3v) is 3.83. The lowest BCUT2D eigenvalue weighted by atomic mass is 9.97. The summed E-state index contributed by atoms with van der Waals surface area (Å²) in [5.41, 5.74) is 1.04. The van der Waals surface area contributed by atoms with Crippen LogP contribution in [0.4, 0.5) is 5.69 Å². The summed E-state index contributed by atoms with van der Waals surface area (Å²) in [5.74, 6) is 2.41. The molecule has 0 radical (unpaired) electrons. The van der Waals surface area contributed by atoms with E-state index in [9.17, 15) is 0 Å². The first-order valence-corrected chi connectivity index (χ1v) is 6.87. The molecule has 1 aliphatic rings. The van der Waals surface area contributed by atoms with Crippen LogP contribution in [0, 0.1) is 5.92 Å². The van der Waals surface area contributed by atoms with E-state index in [-0.39, 0.29) is 0 Å². The predicted molar refractivity (Wildman–Crippen MR) is 78.3 cm³/mol. The number of hydrogen-bond acceptors (Lipinski definition) is 4. The molecule has 1 heterocycles. The molecule has 0 bridgehead atoms. The van der Waals surface area contributed by atoms with Gasteiger partial charge in [-0.2, -0.15) is 0 Å². The highest BCUT2D eigenvalue weighted by Gasteiger charge is 2.16. The van der Waals surface area contributed by atoms with Gasteiger partial charge in [-0.25, -0.2) is 0 Å².